The maximum absolute atomic E-state index is 10.1. The Morgan fingerprint density at radius 1 is 1.41 bits per heavy atom. The van der Waals surface area contributed by atoms with Crippen LogP contribution in [0, 0.1) is 0 Å². The molecule has 17 heavy (non-hydrogen) atoms. The maximum atomic E-state index is 10.1. The van der Waals surface area contributed by atoms with E-state index in [1.54, 1.807) is 13.8 Å². The molecule has 96 valence electrons. The number of nitrogens with one attached hydrogen (secondary N) is 1. The van der Waals surface area contributed by atoms with E-state index >= 15 is 0 Å². The van der Waals surface area contributed by atoms with E-state index in [1.165, 1.54) is 0 Å². The van der Waals surface area contributed by atoms with Gasteiger partial charge in [0.2, 0.25) is 6.29 Å². The van der Waals surface area contributed by atoms with Gasteiger partial charge in [-0.15, -0.1) is 0 Å². The molecule has 1 fully saturated rings. The first-order valence-electron chi connectivity index (χ1n) is 6.04. The summed E-state index contributed by atoms with van der Waals surface area (Å²) >= 11 is 0. The van der Waals surface area contributed by atoms with E-state index in [0.717, 1.165) is 24.4 Å². The van der Waals surface area contributed by atoms with Gasteiger partial charge in [-0.1, -0.05) is 6.92 Å². The highest BCUT2D eigenvalue weighted by Gasteiger charge is 2.36. The lowest BCUT2D eigenvalue weighted by molar-refractivity contribution is -0.384. The smallest absolute Gasteiger partial charge is 0.206 e. The molecule has 1 aliphatic rings. The first-order chi connectivity index (χ1) is 7.91. The van der Waals surface area contributed by atoms with Crippen LogP contribution in [-0.2, 0) is 21.5 Å². The molecule has 0 spiro atoms. The van der Waals surface area contributed by atoms with E-state index < -0.39 is 11.9 Å². The second kappa shape index (κ2) is 4.40. The summed E-state index contributed by atoms with van der Waals surface area (Å²) in [7, 11) is 0. The average Bonchev–Trinajstić information content (AvgIpc) is 2.57. The Balaban J connectivity index is 2.28. The zero-order chi connectivity index (χ0) is 12.6. The van der Waals surface area contributed by atoms with Gasteiger partial charge in [0, 0.05) is 6.42 Å². The van der Waals surface area contributed by atoms with E-state index in [-0.39, 0.29) is 6.29 Å². The third-order valence-corrected chi connectivity index (χ3v) is 2.71. The molecule has 0 aromatic carbocycles. The molecule has 1 aromatic heterocycles. The normalized spacial score (nSPS) is 24.8. The summed E-state index contributed by atoms with van der Waals surface area (Å²) in [6, 6.07) is 0. The number of ether oxygens (including phenoxy) is 2. The lowest BCUT2D eigenvalue weighted by Gasteiger charge is -2.34. The van der Waals surface area contributed by atoms with E-state index in [2.05, 4.69) is 16.9 Å². The van der Waals surface area contributed by atoms with Gasteiger partial charge in [-0.3, -0.25) is 0 Å². The predicted molar refractivity (Wildman–Crippen MR) is 62.2 cm³/mol. The van der Waals surface area contributed by atoms with Crippen LogP contribution < -0.4 is 0 Å². The summed E-state index contributed by atoms with van der Waals surface area (Å²) in [6.45, 7) is 7.35. The van der Waals surface area contributed by atoms with Gasteiger partial charge in [0.05, 0.1) is 11.4 Å². The summed E-state index contributed by atoms with van der Waals surface area (Å²) < 4.78 is 10.9. The van der Waals surface area contributed by atoms with E-state index in [4.69, 9.17) is 9.47 Å². The highest BCUT2D eigenvalue weighted by Crippen LogP contribution is 2.35. The molecule has 1 aliphatic heterocycles. The lowest BCUT2D eigenvalue weighted by atomic mass is 10.0. The molecule has 1 saturated heterocycles. The number of rotatable bonds is 4. The van der Waals surface area contributed by atoms with Crippen LogP contribution in [0.3, 0.4) is 0 Å². The van der Waals surface area contributed by atoms with Crippen LogP contribution in [0.25, 0.3) is 0 Å². The van der Waals surface area contributed by atoms with Gasteiger partial charge in [-0.05, 0) is 27.2 Å². The maximum Gasteiger partial charge on any atom is 0.206 e. The van der Waals surface area contributed by atoms with Gasteiger partial charge in [0.25, 0.3) is 0 Å². The first kappa shape index (κ1) is 12.5. The van der Waals surface area contributed by atoms with Crippen molar-refractivity contribution in [2.24, 2.45) is 0 Å². The third-order valence-electron chi connectivity index (χ3n) is 2.71. The summed E-state index contributed by atoms with van der Waals surface area (Å²) in [4.78, 5) is 7.62. The molecule has 0 saturated carbocycles. The number of aliphatic hydroxyl groups is 1. The first-order valence-corrected chi connectivity index (χ1v) is 6.04. The molecule has 2 rings (SSSR count). The van der Waals surface area contributed by atoms with Crippen molar-refractivity contribution in [2.45, 2.75) is 58.7 Å². The minimum absolute atomic E-state index is 0.187. The van der Waals surface area contributed by atoms with Crippen LogP contribution in [0.2, 0.25) is 0 Å². The quantitative estimate of drug-likeness (QED) is 0.844. The molecule has 0 bridgehead atoms. The Morgan fingerprint density at radius 3 is 2.53 bits per heavy atom. The van der Waals surface area contributed by atoms with Crippen LogP contribution >= 0.6 is 0 Å². The van der Waals surface area contributed by atoms with Gasteiger partial charge in [0.1, 0.15) is 11.4 Å². The average molecular weight is 240 g/mol. The molecule has 5 heteroatoms. The van der Waals surface area contributed by atoms with Crippen LogP contribution in [-0.4, -0.2) is 21.4 Å². The zero-order valence-corrected chi connectivity index (χ0v) is 10.8. The monoisotopic (exact) mass is 240 g/mol. The molecule has 2 N–H and O–H groups in total. The van der Waals surface area contributed by atoms with Crippen LogP contribution in [0.4, 0.5) is 0 Å². The van der Waals surface area contributed by atoms with Crippen LogP contribution in [0.5, 0.6) is 0 Å². The summed E-state index contributed by atoms with van der Waals surface area (Å²) in [6.07, 6.45) is 1.24. The highest BCUT2D eigenvalue weighted by molar-refractivity contribution is 5.22. The number of H-pyrrole nitrogens is 1. The Kier molecular flexibility index (Phi) is 3.25. The molecule has 0 unspecified atom stereocenters. The molecule has 1 aromatic rings. The number of hydrogen-bond acceptors (Lipinski definition) is 4. The number of imidazole rings is 1. The minimum atomic E-state index is -0.997. The van der Waals surface area contributed by atoms with Crippen molar-refractivity contribution in [3.8, 4) is 0 Å². The van der Waals surface area contributed by atoms with E-state index in [1.807, 2.05) is 6.92 Å². The van der Waals surface area contributed by atoms with Crippen molar-refractivity contribution < 1.29 is 14.6 Å². The molecular formula is C12H20N2O3. The SMILES string of the molecule is CCCc1nc(C(C)(C)O)c(C2OC(C)O2)[nH]1. The Morgan fingerprint density at radius 2 is 2.06 bits per heavy atom. The van der Waals surface area contributed by atoms with Crippen molar-refractivity contribution in [3.05, 3.63) is 17.2 Å². The van der Waals surface area contributed by atoms with Gasteiger partial charge in [-0.2, -0.15) is 0 Å². The Labute approximate surface area is 101 Å². The largest absolute Gasteiger partial charge is 0.384 e. The van der Waals surface area contributed by atoms with Crippen LogP contribution in [0.15, 0.2) is 0 Å². The predicted octanol–water partition coefficient (Wildman–Crippen LogP) is 1.98. The molecular weight excluding hydrogens is 220 g/mol. The van der Waals surface area contributed by atoms with Crippen molar-refractivity contribution in [1.82, 2.24) is 9.97 Å². The Bertz CT molecular complexity index is 389. The third kappa shape index (κ3) is 2.51. The fraction of sp³-hybridized carbons (Fsp3) is 0.750. The number of aromatic nitrogens is 2. The van der Waals surface area contributed by atoms with Gasteiger partial charge in [-0.25, -0.2) is 4.98 Å². The second-order valence-electron chi connectivity index (χ2n) is 4.93. The van der Waals surface area contributed by atoms with Gasteiger partial charge >= 0.3 is 0 Å². The number of hydrogen-bond donors (Lipinski definition) is 2. The molecule has 2 heterocycles. The fourth-order valence-corrected chi connectivity index (χ4v) is 1.92. The van der Waals surface area contributed by atoms with Crippen molar-refractivity contribution in [3.63, 3.8) is 0 Å². The molecule has 0 atom stereocenters. The van der Waals surface area contributed by atoms with E-state index in [9.17, 15) is 5.11 Å². The Hall–Kier alpha value is -0.910. The number of aryl methyl sites for hydroxylation is 1. The summed E-state index contributed by atoms with van der Waals surface area (Å²) in [5, 5.41) is 10.1. The molecule has 0 radical (unpaired) electrons. The minimum Gasteiger partial charge on any atom is -0.384 e. The molecule has 0 amide bonds. The molecule has 0 aliphatic carbocycles. The summed E-state index contributed by atoms with van der Waals surface area (Å²) in [5.74, 6) is 0.867. The topological polar surface area (TPSA) is 67.4 Å². The summed E-state index contributed by atoms with van der Waals surface area (Å²) in [5.41, 5.74) is 0.348. The van der Waals surface area contributed by atoms with Crippen LogP contribution in [0.1, 0.15) is 57.6 Å². The highest BCUT2D eigenvalue weighted by atomic mass is 16.9. The number of nitrogens with zero attached hydrogens (tertiary/aromatic N) is 1. The van der Waals surface area contributed by atoms with E-state index in [0.29, 0.717) is 5.69 Å². The van der Waals surface area contributed by atoms with Crippen molar-refractivity contribution in [1.29, 1.82) is 0 Å². The number of aromatic amines is 1. The van der Waals surface area contributed by atoms with Gasteiger partial charge in [0.15, 0.2) is 6.29 Å². The van der Waals surface area contributed by atoms with Crippen molar-refractivity contribution in [2.75, 3.05) is 0 Å². The lowest BCUT2D eigenvalue weighted by Crippen LogP contribution is -2.34. The fourth-order valence-electron chi connectivity index (χ4n) is 1.92. The standard InChI is InChI=1S/C12H20N2O3/c1-5-6-8-13-9(11-16-7(2)17-11)10(14-8)12(3,4)15/h7,11,15H,5-6H2,1-4H3,(H,13,14). The zero-order valence-electron chi connectivity index (χ0n) is 10.8. The van der Waals surface area contributed by atoms with Crippen molar-refractivity contribution >= 4 is 0 Å². The molecule has 5 nitrogen and oxygen atoms in total. The second-order valence-corrected chi connectivity index (χ2v) is 4.93. The van der Waals surface area contributed by atoms with Gasteiger partial charge < -0.3 is 19.6 Å².